The van der Waals surface area contributed by atoms with Gasteiger partial charge in [0.25, 0.3) is 0 Å². The molecule has 0 aliphatic rings. The number of benzene rings is 8. The zero-order chi connectivity index (χ0) is 40.1. The number of rotatable bonds is 9. The highest BCUT2D eigenvalue weighted by molar-refractivity contribution is 5.85. The Kier molecular flexibility index (Phi) is 9.84. The molecule has 2 heterocycles. The lowest BCUT2D eigenvalue weighted by Crippen LogP contribution is -2.02. The van der Waals surface area contributed by atoms with Crippen LogP contribution in [0.15, 0.2) is 218 Å². The zero-order valence-corrected chi connectivity index (χ0v) is 32.5. The summed E-state index contributed by atoms with van der Waals surface area (Å²) >= 11 is 0. The van der Waals surface area contributed by atoms with Gasteiger partial charge in [0.05, 0.1) is 0 Å². The van der Waals surface area contributed by atoms with Crippen LogP contribution in [0.3, 0.4) is 0 Å². The van der Waals surface area contributed by atoms with Crippen molar-refractivity contribution in [2.75, 3.05) is 0 Å². The minimum absolute atomic E-state index is 0.580. The number of hydrogen-bond acceptors (Lipinski definition) is 6. The van der Waals surface area contributed by atoms with E-state index in [1.54, 1.807) is 0 Å². The summed E-state index contributed by atoms with van der Waals surface area (Å²) in [6.07, 6.45) is 0. The number of aromatic nitrogens is 6. The molecule has 0 bridgehead atoms. The first kappa shape index (κ1) is 36.1. The summed E-state index contributed by atoms with van der Waals surface area (Å²) in [5, 5.41) is 0. The van der Waals surface area contributed by atoms with Crippen LogP contribution in [0.4, 0.5) is 0 Å². The van der Waals surface area contributed by atoms with Gasteiger partial charge in [-0.25, -0.2) is 29.9 Å². The van der Waals surface area contributed by atoms with Gasteiger partial charge in [0.15, 0.2) is 34.9 Å². The number of hydrogen-bond donors (Lipinski definition) is 0. The third-order valence-electron chi connectivity index (χ3n) is 10.4. The number of nitrogens with zero attached hydrogens (tertiary/aromatic N) is 6. The van der Waals surface area contributed by atoms with Gasteiger partial charge in [-0.05, 0) is 45.5 Å². The third kappa shape index (κ3) is 7.49. The fraction of sp³-hybridized carbons (Fsp3) is 0. The maximum absolute atomic E-state index is 5.22. The monoisotopic (exact) mass is 768 g/mol. The largest absolute Gasteiger partial charge is 0.208 e. The van der Waals surface area contributed by atoms with Gasteiger partial charge in [-0.15, -0.1) is 0 Å². The summed E-state index contributed by atoms with van der Waals surface area (Å²) in [7, 11) is 0. The van der Waals surface area contributed by atoms with Crippen LogP contribution in [-0.4, -0.2) is 29.9 Å². The maximum Gasteiger partial charge on any atom is 0.164 e. The van der Waals surface area contributed by atoms with Crippen molar-refractivity contribution < 1.29 is 0 Å². The fourth-order valence-corrected chi connectivity index (χ4v) is 7.45. The molecule has 0 aliphatic carbocycles. The summed E-state index contributed by atoms with van der Waals surface area (Å²) in [5.74, 6) is 3.62. The van der Waals surface area contributed by atoms with Crippen molar-refractivity contribution in [3.63, 3.8) is 0 Å². The zero-order valence-electron chi connectivity index (χ0n) is 32.5. The molecule has 282 valence electrons. The van der Waals surface area contributed by atoms with E-state index in [0.717, 1.165) is 66.8 Å². The van der Waals surface area contributed by atoms with Crippen molar-refractivity contribution in [1.82, 2.24) is 29.9 Å². The molecule has 6 nitrogen and oxygen atoms in total. The Labute approximate surface area is 348 Å². The van der Waals surface area contributed by atoms with Crippen molar-refractivity contribution in [2.45, 2.75) is 0 Å². The molecule has 6 heteroatoms. The molecular weight excluding hydrogens is 733 g/mol. The van der Waals surface area contributed by atoms with Gasteiger partial charge in [0, 0.05) is 33.4 Å². The van der Waals surface area contributed by atoms with E-state index in [4.69, 9.17) is 29.9 Å². The molecule has 0 spiro atoms. The first-order chi connectivity index (χ1) is 29.7. The van der Waals surface area contributed by atoms with Crippen LogP contribution in [0.25, 0.3) is 102 Å². The molecule has 0 saturated heterocycles. The molecule has 10 rings (SSSR count). The summed E-state index contributed by atoms with van der Waals surface area (Å²) in [6, 6.07) is 74.1. The quantitative estimate of drug-likeness (QED) is 0.145. The molecule has 0 fully saturated rings. The van der Waals surface area contributed by atoms with Gasteiger partial charge in [-0.1, -0.05) is 206 Å². The van der Waals surface area contributed by atoms with E-state index in [1.165, 1.54) is 0 Å². The van der Waals surface area contributed by atoms with Gasteiger partial charge in [0.1, 0.15) is 0 Å². The molecule has 8 aromatic carbocycles. The van der Waals surface area contributed by atoms with Crippen molar-refractivity contribution >= 4 is 0 Å². The lowest BCUT2D eigenvalue weighted by Gasteiger charge is -2.14. The molecule has 0 unspecified atom stereocenters. The summed E-state index contributed by atoms with van der Waals surface area (Å²) < 4.78 is 0. The predicted molar refractivity (Wildman–Crippen MR) is 242 cm³/mol. The van der Waals surface area contributed by atoms with Crippen LogP contribution in [-0.2, 0) is 0 Å². The van der Waals surface area contributed by atoms with Crippen LogP contribution < -0.4 is 0 Å². The average molecular weight is 769 g/mol. The van der Waals surface area contributed by atoms with E-state index >= 15 is 0 Å². The van der Waals surface area contributed by atoms with Crippen LogP contribution >= 0.6 is 0 Å². The van der Waals surface area contributed by atoms with Crippen molar-refractivity contribution in [3.05, 3.63) is 218 Å². The van der Waals surface area contributed by atoms with Crippen LogP contribution in [0, 0.1) is 0 Å². The predicted octanol–water partition coefficient (Wildman–Crippen LogP) is 13.1. The first-order valence-electron chi connectivity index (χ1n) is 19.9. The third-order valence-corrected chi connectivity index (χ3v) is 10.4. The Hall–Kier alpha value is -8.22. The van der Waals surface area contributed by atoms with E-state index in [-0.39, 0.29) is 0 Å². The standard InChI is InChI=1S/C54H36N6/c1-5-19-37(20-6-1)45-31-13-15-33-47(45)53-58-52(59-54(60-53)48-34-16-14-32-46(48)38-21-7-2-8-22-38)44-30-18-28-42(36-44)41-27-17-29-43(35-41)51-56-49(39-23-9-3-10-24-39)55-50(57-51)40-25-11-4-12-26-40/h1-36H. The van der Waals surface area contributed by atoms with Crippen molar-refractivity contribution in [1.29, 1.82) is 0 Å². The topological polar surface area (TPSA) is 77.3 Å². The molecule has 2 aromatic heterocycles. The Morgan fingerprint density at radius 3 is 0.800 bits per heavy atom. The van der Waals surface area contributed by atoms with Crippen LogP contribution in [0.5, 0.6) is 0 Å². The molecule has 60 heavy (non-hydrogen) atoms. The average Bonchev–Trinajstić information content (AvgIpc) is 3.35. The van der Waals surface area contributed by atoms with Gasteiger partial charge in [-0.3, -0.25) is 0 Å². The van der Waals surface area contributed by atoms with E-state index in [1.807, 2.05) is 97.1 Å². The molecule has 0 aliphatic heterocycles. The van der Waals surface area contributed by atoms with Crippen LogP contribution in [0.2, 0.25) is 0 Å². The molecule has 10 aromatic rings. The maximum atomic E-state index is 5.22. The van der Waals surface area contributed by atoms with Gasteiger partial charge in [-0.2, -0.15) is 0 Å². The molecule has 0 saturated carbocycles. The molecule has 0 amide bonds. The Bertz CT molecular complexity index is 2920. The normalized spacial score (nSPS) is 11.0. The minimum atomic E-state index is 0.580. The van der Waals surface area contributed by atoms with Crippen LogP contribution in [0.1, 0.15) is 0 Å². The molecular formula is C54H36N6. The van der Waals surface area contributed by atoms with E-state index in [0.29, 0.717) is 34.9 Å². The van der Waals surface area contributed by atoms with E-state index in [2.05, 4.69) is 121 Å². The van der Waals surface area contributed by atoms with Gasteiger partial charge < -0.3 is 0 Å². The Balaban J connectivity index is 1.10. The lowest BCUT2D eigenvalue weighted by molar-refractivity contribution is 1.07. The van der Waals surface area contributed by atoms with E-state index < -0.39 is 0 Å². The van der Waals surface area contributed by atoms with E-state index in [9.17, 15) is 0 Å². The lowest BCUT2D eigenvalue weighted by atomic mass is 9.97. The Morgan fingerprint density at radius 1 is 0.167 bits per heavy atom. The van der Waals surface area contributed by atoms with Gasteiger partial charge in [0.2, 0.25) is 0 Å². The fourth-order valence-electron chi connectivity index (χ4n) is 7.45. The SMILES string of the molecule is c1ccc(-c2nc(-c3ccccc3)nc(-c3cccc(-c4cccc(-c5nc(-c6ccccc6-c6ccccc6)nc(-c6ccccc6-c6ccccc6)n5)c4)c3)n2)cc1. The smallest absolute Gasteiger partial charge is 0.164 e. The summed E-state index contributed by atoms with van der Waals surface area (Å²) in [4.78, 5) is 30.5. The first-order valence-corrected chi connectivity index (χ1v) is 19.9. The molecule has 0 radical (unpaired) electrons. The van der Waals surface area contributed by atoms with Crippen molar-refractivity contribution in [2.24, 2.45) is 0 Å². The van der Waals surface area contributed by atoms with Gasteiger partial charge >= 0.3 is 0 Å². The highest BCUT2D eigenvalue weighted by Gasteiger charge is 2.19. The highest BCUT2D eigenvalue weighted by atomic mass is 15.0. The molecule has 0 atom stereocenters. The second-order valence-corrected chi connectivity index (χ2v) is 14.3. The summed E-state index contributed by atoms with van der Waals surface area (Å²) in [6.45, 7) is 0. The minimum Gasteiger partial charge on any atom is -0.208 e. The summed E-state index contributed by atoms with van der Waals surface area (Å²) in [5.41, 5.74) is 11.8. The Morgan fingerprint density at radius 2 is 0.417 bits per heavy atom. The molecule has 0 N–H and O–H groups in total. The van der Waals surface area contributed by atoms with Crippen molar-refractivity contribution in [3.8, 4) is 102 Å². The highest BCUT2D eigenvalue weighted by Crippen LogP contribution is 2.36. The second-order valence-electron chi connectivity index (χ2n) is 14.3. The second kappa shape index (κ2) is 16.3.